The normalized spacial score (nSPS) is 12.9. The van der Waals surface area contributed by atoms with Gasteiger partial charge in [-0.3, -0.25) is 19.6 Å². The van der Waals surface area contributed by atoms with Crippen LogP contribution >= 0.6 is 7.82 Å². The number of carbonyl (C=O) groups is 1. The zero-order valence-corrected chi connectivity index (χ0v) is 12.7. The van der Waals surface area contributed by atoms with Gasteiger partial charge in [-0.15, -0.1) is 6.58 Å². The average Bonchev–Trinajstić information content (AvgIpc) is 2.41. The number of hydrogen-bond acceptors (Lipinski definition) is 6. The van der Waals surface area contributed by atoms with E-state index in [1.807, 2.05) is 0 Å². The van der Waals surface area contributed by atoms with Crippen LogP contribution < -0.4 is 5.32 Å². The fraction of sp³-hybridized carbons (Fsp3) is 0.333. The van der Waals surface area contributed by atoms with E-state index >= 15 is 0 Å². The summed E-state index contributed by atoms with van der Waals surface area (Å²) in [6, 6.07) is -1.04. The van der Waals surface area contributed by atoms with Crippen LogP contribution in [0, 0.1) is 6.92 Å². The second kappa shape index (κ2) is 7.48. The van der Waals surface area contributed by atoms with Gasteiger partial charge in [-0.05, 0) is 6.92 Å². The zero-order chi connectivity index (χ0) is 16.9. The summed E-state index contributed by atoms with van der Waals surface area (Å²) in [5.74, 6) is -1.35. The van der Waals surface area contributed by atoms with Crippen LogP contribution in [0.15, 0.2) is 18.9 Å². The second-order valence-electron chi connectivity index (χ2n) is 4.39. The summed E-state index contributed by atoms with van der Waals surface area (Å²) in [4.78, 5) is 32.2. The number of nitrogens with one attached hydrogen (secondary N) is 1. The molecule has 0 aliphatic rings. The summed E-state index contributed by atoms with van der Waals surface area (Å²) < 4.78 is 15.1. The summed E-state index contributed by atoms with van der Waals surface area (Å²) in [6.45, 7) is 4.37. The molecule has 22 heavy (non-hydrogen) atoms. The van der Waals surface area contributed by atoms with E-state index in [1.165, 1.54) is 19.2 Å². The molecule has 0 aromatic carbocycles. The van der Waals surface area contributed by atoms with E-state index < -0.39 is 26.4 Å². The Morgan fingerprint density at radius 2 is 2.23 bits per heavy atom. The third-order valence-corrected chi connectivity index (χ3v) is 3.28. The van der Waals surface area contributed by atoms with Crippen LogP contribution in [0.2, 0.25) is 0 Å². The number of nitrogens with zero attached hydrogens (tertiary/aromatic N) is 1. The number of phosphoric ester groups is 1. The van der Waals surface area contributed by atoms with Gasteiger partial charge in [-0.25, -0.2) is 4.57 Å². The van der Waals surface area contributed by atoms with E-state index in [1.54, 1.807) is 0 Å². The van der Waals surface area contributed by atoms with Crippen molar-refractivity contribution in [2.75, 3.05) is 0 Å². The quantitative estimate of drug-likeness (QED) is 0.337. The Hall–Kier alpha value is -1.77. The lowest BCUT2D eigenvalue weighted by atomic mass is 10.1. The number of pyridine rings is 1. The van der Waals surface area contributed by atoms with E-state index in [4.69, 9.17) is 14.9 Å². The number of aromatic nitrogens is 1. The van der Waals surface area contributed by atoms with Crippen molar-refractivity contribution in [1.82, 2.24) is 10.3 Å². The molecule has 0 saturated heterocycles. The van der Waals surface area contributed by atoms with Crippen molar-refractivity contribution in [3.8, 4) is 5.75 Å². The van der Waals surface area contributed by atoms with E-state index in [-0.39, 0.29) is 23.4 Å². The van der Waals surface area contributed by atoms with Crippen molar-refractivity contribution in [2.45, 2.75) is 26.1 Å². The Kier molecular flexibility index (Phi) is 6.21. The maximum Gasteiger partial charge on any atom is 0.469 e. The lowest BCUT2D eigenvalue weighted by Crippen LogP contribution is -2.34. The summed E-state index contributed by atoms with van der Waals surface area (Å²) in [7, 11) is -4.68. The highest BCUT2D eigenvalue weighted by atomic mass is 31.2. The molecule has 0 bridgehead atoms. The Labute approximate surface area is 126 Å². The molecule has 0 aliphatic carbocycles. The molecule has 9 nitrogen and oxygen atoms in total. The van der Waals surface area contributed by atoms with Gasteiger partial charge in [-0.1, -0.05) is 6.08 Å². The highest BCUT2D eigenvalue weighted by molar-refractivity contribution is 7.46. The fourth-order valence-corrected chi connectivity index (χ4v) is 1.95. The predicted molar refractivity (Wildman–Crippen MR) is 75.9 cm³/mol. The molecular weight excluding hydrogens is 315 g/mol. The Morgan fingerprint density at radius 3 is 2.73 bits per heavy atom. The summed E-state index contributed by atoms with van der Waals surface area (Å²) in [5, 5.41) is 21.6. The SMILES string of the molecule is C=C[C@H](NCc1c(COP(=O)(O)O)cnc(C)c1O)C(=O)O. The highest BCUT2D eigenvalue weighted by Crippen LogP contribution is 2.38. The first kappa shape index (κ1) is 18.3. The topological polar surface area (TPSA) is 149 Å². The molecule has 1 atom stereocenters. The van der Waals surface area contributed by atoms with Crippen molar-refractivity contribution >= 4 is 13.8 Å². The molecule has 0 radical (unpaired) electrons. The first-order valence-electron chi connectivity index (χ1n) is 6.11. The van der Waals surface area contributed by atoms with Gasteiger partial charge in [0.25, 0.3) is 0 Å². The number of aryl methyl sites for hydroxylation is 1. The molecule has 1 heterocycles. The van der Waals surface area contributed by atoms with Crippen LogP contribution in [0.25, 0.3) is 0 Å². The van der Waals surface area contributed by atoms with Gasteiger partial charge in [-0.2, -0.15) is 0 Å². The van der Waals surface area contributed by atoms with Gasteiger partial charge >= 0.3 is 13.8 Å². The van der Waals surface area contributed by atoms with Crippen LogP contribution in [0.1, 0.15) is 16.8 Å². The fourth-order valence-electron chi connectivity index (χ4n) is 1.64. The predicted octanol–water partition coefficient (Wildman–Crippen LogP) is 0.434. The average molecular weight is 332 g/mol. The molecule has 1 aromatic heterocycles. The lowest BCUT2D eigenvalue weighted by molar-refractivity contribution is -0.138. The molecular formula is C12H17N2O7P. The minimum atomic E-state index is -4.68. The van der Waals surface area contributed by atoms with Crippen LogP contribution in [0.4, 0.5) is 0 Å². The first-order chi connectivity index (χ1) is 10.2. The van der Waals surface area contributed by atoms with E-state index in [9.17, 15) is 14.5 Å². The van der Waals surface area contributed by atoms with Gasteiger partial charge in [0, 0.05) is 23.9 Å². The molecule has 1 aromatic rings. The maximum absolute atomic E-state index is 10.9. The number of carboxylic acid groups (broad SMARTS) is 1. The number of phosphoric acid groups is 1. The highest BCUT2D eigenvalue weighted by Gasteiger charge is 2.19. The van der Waals surface area contributed by atoms with Crippen molar-refractivity contribution < 1.29 is 33.9 Å². The first-order valence-corrected chi connectivity index (χ1v) is 7.64. The summed E-state index contributed by atoms with van der Waals surface area (Å²) >= 11 is 0. The Morgan fingerprint density at radius 1 is 1.59 bits per heavy atom. The molecule has 5 N–H and O–H groups in total. The number of aromatic hydroxyl groups is 1. The third kappa shape index (κ3) is 5.21. The molecule has 122 valence electrons. The molecule has 10 heteroatoms. The standard InChI is InChI=1S/C12H17N2O7P/c1-3-10(12(16)17)14-5-9-8(6-21-22(18,19)20)4-13-7(2)11(9)15/h3-4,10,14-15H,1,5-6H2,2H3,(H,16,17)(H2,18,19,20)/t10-/m0/s1. The number of rotatable bonds is 8. The number of aliphatic carboxylic acids is 1. The van der Waals surface area contributed by atoms with Crippen LogP contribution in [-0.2, 0) is 27.0 Å². The number of hydrogen-bond donors (Lipinski definition) is 5. The molecule has 0 saturated carbocycles. The third-order valence-electron chi connectivity index (χ3n) is 2.82. The molecule has 0 fully saturated rings. The molecule has 0 spiro atoms. The van der Waals surface area contributed by atoms with Crippen molar-refractivity contribution in [2.24, 2.45) is 0 Å². The van der Waals surface area contributed by atoms with Gasteiger partial charge < -0.3 is 20.0 Å². The Bertz CT molecular complexity index is 614. The molecule has 0 aliphatic heterocycles. The second-order valence-corrected chi connectivity index (χ2v) is 5.63. The monoisotopic (exact) mass is 332 g/mol. The molecule has 1 rings (SSSR count). The van der Waals surface area contributed by atoms with E-state index in [0.717, 1.165) is 0 Å². The smallest absolute Gasteiger partial charge is 0.469 e. The minimum absolute atomic E-state index is 0.0714. The largest absolute Gasteiger partial charge is 0.506 e. The van der Waals surface area contributed by atoms with Gasteiger partial charge in [0.1, 0.15) is 11.8 Å². The van der Waals surface area contributed by atoms with Crippen LogP contribution in [-0.4, -0.2) is 37.0 Å². The van der Waals surface area contributed by atoms with Crippen LogP contribution in [0.3, 0.4) is 0 Å². The summed E-state index contributed by atoms with van der Waals surface area (Å²) in [5.41, 5.74) is 0.767. The van der Waals surface area contributed by atoms with Gasteiger partial charge in [0.05, 0.1) is 12.3 Å². The zero-order valence-electron chi connectivity index (χ0n) is 11.8. The lowest BCUT2D eigenvalue weighted by Gasteiger charge is -2.16. The number of carboxylic acids is 1. The van der Waals surface area contributed by atoms with Crippen molar-refractivity contribution in [3.05, 3.63) is 35.7 Å². The van der Waals surface area contributed by atoms with Crippen molar-refractivity contribution in [3.63, 3.8) is 0 Å². The van der Waals surface area contributed by atoms with E-state index in [0.29, 0.717) is 5.69 Å². The van der Waals surface area contributed by atoms with Crippen LogP contribution in [0.5, 0.6) is 5.75 Å². The Balaban J connectivity index is 2.99. The molecule has 0 unspecified atom stereocenters. The van der Waals surface area contributed by atoms with Gasteiger partial charge in [0.2, 0.25) is 0 Å². The maximum atomic E-state index is 10.9. The summed E-state index contributed by atoms with van der Waals surface area (Å²) in [6.07, 6.45) is 2.48. The van der Waals surface area contributed by atoms with E-state index in [2.05, 4.69) is 21.4 Å². The van der Waals surface area contributed by atoms with Gasteiger partial charge in [0.15, 0.2) is 0 Å². The minimum Gasteiger partial charge on any atom is -0.506 e. The molecule has 0 amide bonds. The van der Waals surface area contributed by atoms with Crippen molar-refractivity contribution in [1.29, 1.82) is 0 Å².